The van der Waals surface area contributed by atoms with Gasteiger partial charge < -0.3 is 14.4 Å². The fourth-order valence-electron chi connectivity index (χ4n) is 2.18. The molecule has 0 aliphatic carbocycles. The van der Waals surface area contributed by atoms with Crippen LogP contribution in [0.15, 0.2) is 23.0 Å². The van der Waals surface area contributed by atoms with Gasteiger partial charge in [-0.25, -0.2) is 0 Å². The van der Waals surface area contributed by atoms with E-state index < -0.39 is 0 Å². The molecule has 2 rings (SSSR count). The number of amides is 1. The first-order valence-corrected chi connectivity index (χ1v) is 5.73. The van der Waals surface area contributed by atoms with Gasteiger partial charge in [0.2, 0.25) is 0 Å². The summed E-state index contributed by atoms with van der Waals surface area (Å²) in [5.74, 6) is 0.620. The van der Waals surface area contributed by atoms with E-state index in [9.17, 15) is 4.79 Å². The van der Waals surface area contributed by atoms with E-state index in [4.69, 9.17) is 9.52 Å². The number of hydrogen-bond donors (Lipinski definition) is 1. The first-order valence-electron chi connectivity index (χ1n) is 5.73. The minimum Gasteiger partial charge on any atom is -0.472 e. The van der Waals surface area contributed by atoms with Crippen molar-refractivity contribution < 1.29 is 14.3 Å². The maximum Gasteiger partial charge on any atom is 0.257 e. The Kier molecular flexibility index (Phi) is 3.62. The van der Waals surface area contributed by atoms with Crippen molar-refractivity contribution in [1.29, 1.82) is 0 Å². The molecule has 0 unspecified atom stereocenters. The summed E-state index contributed by atoms with van der Waals surface area (Å²) in [7, 11) is 0. The molecule has 1 N–H and O–H groups in total. The second-order valence-corrected chi connectivity index (χ2v) is 4.26. The van der Waals surface area contributed by atoms with E-state index in [1.54, 1.807) is 6.07 Å². The zero-order chi connectivity index (χ0) is 11.4. The Balaban J connectivity index is 1.87. The highest BCUT2D eigenvalue weighted by Crippen LogP contribution is 2.21. The molecule has 0 spiro atoms. The number of aliphatic hydroxyl groups is 1. The van der Waals surface area contributed by atoms with Crippen LogP contribution in [0.25, 0.3) is 0 Å². The number of nitrogens with zero attached hydrogens (tertiary/aromatic N) is 1. The van der Waals surface area contributed by atoms with E-state index in [2.05, 4.69) is 0 Å². The fourth-order valence-corrected chi connectivity index (χ4v) is 2.18. The molecule has 1 aliphatic rings. The number of carbonyl (C=O) groups excluding carboxylic acids is 1. The number of aliphatic hydroxyl groups excluding tert-OH is 1. The number of piperidine rings is 1. The second kappa shape index (κ2) is 5.16. The lowest BCUT2D eigenvalue weighted by Crippen LogP contribution is -2.38. The Morgan fingerprint density at radius 2 is 2.25 bits per heavy atom. The summed E-state index contributed by atoms with van der Waals surface area (Å²) in [6.07, 6.45) is 5.84. The molecule has 1 aromatic rings. The molecule has 0 aromatic carbocycles. The zero-order valence-corrected chi connectivity index (χ0v) is 9.26. The lowest BCUT2D eigenvalue weighted by atomic mass is 9.94. The van der Waals surface area contributed by atoms with Gasteiger partial charge in [0.1, 0.15) is 6.26 Å². The molecule has 88 valence electrons. The Labute approximate surface area is 94.9 Å². The maximum absolute atomic E-state index is 11.9. The number of carbonyl (C=O) groups is 1. The predicted molar refractivity (Wildman–Crippen MR) is 59.0 cm³/mol. The molecule has 0 saturated carbocycles. The van der Waals surface area contributed by atoms with Crippen molar-refractivity contribution in [2.24, 2.45) is 5.92 Å². The molecule has 1 aliphatic heterocycles. The largest absolute Gasteiger partial charge is 0.472 e. The van der Waals surface area contributed by atoms with Crippen molar-refractivity contribution in [3.63, 3.8) is 0 Å². The van der Waals surface area contributed by atoms with Gasteiger partial charge in [-0.1, -0.05) is 0 Å². The van der Waals surface area contributed by atoms with E-state index >= 15 is 0 Å². The van der Waals surface area contributed by atoms with Crippen LogP contribution in [0.3, 0.4) is 0 Å². The van der Waals surface area contributed by atoms with Crippen LogP contribution < -0.4 is 0 Å². The van der Waals surface area contributed by atoms with Crippen LogP contribution in [-0.2, 0) is 0 Å². The van der Waals surface area contributed by atoms with Crippen molar-refractivity contribution in [2.75, 3.05) is 19.7 Å². The molecule has 0 atom stereocenters. The van der Waals surface area contributed by atoms with Crippen LogP contribution in [0.1, 0.15) is 29.6 Å². The number of rotatable bonds is 3. The normalized spacial score (nSPS) is 17.7. The topological polar surface area (TPSA) is 53.7 Å². The van der Waals surface area contributed by atoms with Gasteiger partial charge in [-0.3, -0.25) is 4.79 Å². The highest BCUT2D eigenvalue weighted by Gasteiger charge is 2.23. The zero-order valence-electron chi connectivity index (χ0n) is 9.26. The van der Waals surface area contributed by atoms with Crippen LogP contribution in [0.2, 0.25) is 0 Å². The molecule has 1 fully saturated rings. The van der Waals surface area contributed by atoms with E-state index in [0.717, 1.165) is 32.4 Å². The van der Waals surface area contributed by atoms with Crippen LogP contribution in [-0.4, -0.2) is 35.6 Å². The Morgan fingerprint density at radius 3 is 2.81 bits per heavy atom. The van der Waals surface area contributed by atoms with Gasteiger partial charge in [0.05, 0.1) is 11.8 Å². The molecule has 0 bridgehead atoms. The molecule has 16 heavy (non-hydrogen) atoms. The Morgan fingerprint density at radius 1 is 1.50 bits per heavy atom. The molecule has 4 heteroatoms. The summed E-state index contributed by atoms with van der Waals surface area (Å²) in [6.45, 7) is 1.82. The summed E-state index contributed by atoms with van der Waals surface area (Å²) >= 11 is 0. The van der Waals surface area contributed by atoms with Crippen LogP contribution in [0.4, 0.5) is 0 Å². The minimum absolute atomic E-state index is 0.0520. The number of likely N-dealkylation sites (tertiary alicyclic amines) is 1. The molecular weight excluding hydrogens is 206 g/mol. The SMILES string of the molecule is O=C(c1ccoc1)N1CCC(CCO)CC1. The van der Waals surface area contributed by atoms with E-state index in [0.29, 0.717) is 11.5 Å². The molecule has 4 nitrogen and oxygen atoms in total. The monoisotopic (exact) mass is 223 g/mol. The maximum atomic E-state index is 11.9. The van der Waals surface area contributed by atoms with Gasteiger partial charge >= 0.3 is 0 Å². The van der Waals surface area contributed by atoms with Gasteiger partial charge in [0.15, 0.2) is 0 Å². The van der Waals surface area contributed by atoms with Crippen LogP contribution in [0, 0.1) is 5.92 Å². The number of furan rings is 1. The van der Waals surface area contributed by atoms with Gasteiger partial charge in [-0.15, -0.1) is 0 Å². The highest BCUT2D eigenvalue weighted by molar-refractivity contribution is 5.93. The molecule has 1 amide bonds. The van der Waals surface area contributed by atoms with E-state index in [1.807, 2.05) is 4.90 Å². The van der Waals surface area contributed by atoms with Gasteiger partial charge in [-0.05, 0) is 31.2 Å². The van der Waals surface area contributed by atoms with Crippen LogP contribution in [0.5, 0.6) is 0 Å². The first kappa shape index (κ1) is 11.2. The Hall–Kier alpha value is -1.29. The minimum atomic E-state index is 0.0520. The molecule has 1 saturated heterocycles. The third-order valence-corrected chi connectivity index (χ3v) is 3.21. The van der Waals surface area contributed by atoms with Crippen molar-refractivity contribution in [2.45, 2.75) is 19.3 Å². The van der Waals surface area contributed by atoms with Crippen molar-refractivity contribution in [1.82, 2.24) is 4.90 Å². The summed E-state index contributed by atoms with van der Waals surface area (Å²) in [6, 6.07) is 1.70. The van der Waals surface area contributed by atoms with E-state index in [-0.39, 0.29) is 12.5 Å². The third kappa shape index (κ3) is 2.44. The summed E-state index contributed by atoms with van der Waals surface area (Å²) in [5, 5.41) is 8.85. The second-order valence-electron chi connectivity index (χ2n) is 4.26. The Bertz CT molecular complexity index is 326. The van der Waals surface area contributed by atoms with Gasteiger partial charge in [0.25, 0.3) is 5.91 Å². The quantitative estimate of drug-likeness (QED) is 0.845. The lowest BCUT2D eigenvalue weighted by Gasteiger charge is -2.31. The van der Waals surface area contributed by atoms with Crippen LogP contribution >= 0.6 is 0 Å². The highest BCUT2D eigenvalue weighted by atomic mass is 16.3. The van der Waals surface area contributed by atoms with Crippen molar-refractivity contribution >= 4 is 5.91 Å². The van der Waals surface area contributed by atoms with Gasteiger partial charge in [-0.2, -0.15) is 0 Å². The van der Waals surface area contributed by atoms with Crippen molar-refractivity contribution in [3.8, 4) is 0 Å². The standard InChI is InChI=1S/C12H17NO3/c14-7-3-10-1-5-13(6-2-10)12(15)11-4-8-16-9-11/h4,8-10,14H,1-3,5-7H2. The van der Waals surface area contributed by atoms with Gasteiger partial charge in [0, 0.05) is 19.7 Å². The van der Waals surface area contributed by atoms with Crippen molar-refractivity contribution in [3.05, 3.63) is 24.2 Å². The molecule has 0 radical (unpaired) electrons. The molecule has 2 heterocycles. The molecular formula is C12H17NO3. The van der Waals surface area contributed by atoms with E-state index in [1.165, 1.54) is 12.5 Å². The summed E-state index contributed by atoms with van der Waals surface area (Å²) in [4.78, 5) is 13.8. The first-order chi connectivity index (χ1) is 7.81. The lowest BCUT2D eigenvalue weighted by molar-refractivity contribution is 0.0677. The number of hydrogen-bond acceptors (Lipinski definition) is 3. The average molecular weight is 223 g/mol. The average Bonchev–Trinajstić information content (AvgIpc) is 2.83. The third-order valence-electron chi connectivity index (χ3n) is 3.21. The fraction of sp³-hybridized carbons (Fsp3) is 0.583. The summed E-state index contributed by atoms with van der Waals surface area (Å²) in [5.41, 5.74) is 0.626. The predicted octanol–water partition coefficient (Wildman–Crippen LogP) is 1.51. The summed E-state index contributed by atoms with van der Waals surface area (Å²) < 4.78 is 4.91. The molecule has 1 aromatic heterocycles. The smallest absolute Gasteiger partial charge is 0.257 e.